The van der Waals surface area contributed by atoms with Crippen LogP contribution in [0.5, 0.6) is 0 Å². The van der Waals surface area contributed by atoms with Crippen molar-refractivity contribution in [3.63, 3.8) is 0 Å². The predicted molar refractivity (Wildman–Crippen MR) is 88.5 cm³/mol. The van der Waals surface area contributed by atoms with Crippen LogP contribution in [0.2, 0.25) is 0 Å². The molecule has 3 aromatic rings. The van der Waals surface area contributed by atoms with Gasteiger partial charge in [0.2, 0.25) is 0 Å². The van der Waals surface area contributed by atoms with Gasteiger partial charge in [-0.2, -0.15) is 6.07 Å². The van der Waals surface area contributed by atoms with E-state index >= 15 is 0 Å². The first-order valence-electron chi connectivity index (χ1n) is 7.33. The molecule has 0 aliphatic rings. The monoisotopic (exact) mass is 421 g/mol. The molecular formula is C20H21Cl2Zr. The molecule has 0 nitrogen and oxygen atoms in total. The Balaban J connectivity index is 0.00000161. The number of benzene rings is 2. The Morgan fingerprint density at radius 3 is 2.17 bits per heavy atom. The van der Waals surface area contributed by atoms with Crippen LogP contribution in [0, 0.1) is 13.8 Å². The summed E-state index contributed by atoms with van der Waals surface area (Å²) in [5, 5.41) is 2.73. The van der Waals surface area contributed by atoms with Gasteiger partial charge >= 0.3 is 26.2 Å². The van der Waals surface area contributed by atoms with Gasteiger partial charge in [0.15, 0.2) is 0 Å². The fourth-order valence-electron chi connectivity index (χ4n) is 2.75. The third kappa shape index (κ3) is 4.53. The molecule has 23 heavy (non-hydrogen) atoms. The zero-order valence-corrected chi connectivity index (χ0v) is 17.9. The summed E-state index contributed by atoms with van der Waals surface area (Å²) in [7, 11) is 0. The van der Waals surface area contributed by atoms with Gasteiger partial charge in [0.05, 0.1) is 0 Å². The van der Waals surface area contributed by atoms with Crippen molar-refractivity contribution in [2.45, 2.75) is 33.6 Å². The Kier molecular flexibility index (Phi) is 8.92. The molecule has 0 aliphatic carbocycles. The van der Waals surface area contributed by atoms with Crippen molar-refractivity contribution in [3.05, 3.63) is 65.2 Å². The van der Waals surface area contributed by atoms with Gasteiger partial charge < -0.3 is 24.8 Å². The number of hydrogen-bond donors (Lipinski definition) is 0. The second-order valence-corrected chi connectivity index (χ2v) is 6.05. The molecule has 0 saturated carbocycles. The summed E-state index contributed by atoms with van der Waals surface area (Å²) in [4.78, 5) is 0. The van der Waals surface area contributed by atoms with Gasteiger partial charge in [-0.3, -0.25) is 0 Å². The largest absolute Gasteiger partial charge is 3.00 e. The van der Waals surface area contributed by atoms with Crippen LogP contribution in [0.1, 0.15) is 36.5 Å². The second-order valence-electron chi connectivity index (χ2n) is 6.05. The van der Waals surface area contributed by atoms with Crippen LogP contribution < -0.4 is 24.8 Å². The minimum atomic E-state index is 0. The molecule has 0 N–H and O–H groups in total. The number of aryl methyl sites for hydroxylation is 2. The van der Waals surface area contributed by atoms with Gasteiger partial charge in [-0.05, 0) is 36.5 Å². The summed E-state index contributed by atoms with van der Waals surface area (Å²) in [5.74, 6) is 0.579. The van der Waals surface area contributed by atoms with Crippen molar-refractivity contribution in [1.82, 2.24) is 0 Å². The topological polar surface area (TPSA) is 0 Å². The summed E-state index contributed by atoms with van der Waals surface area (Å²) in [6.45, 7) is 8.86. The van der Waals surface area contributed by atoms with Crippen molar-refractivity contribution in [1.29, 1.82) is 0 Å². The maximum absolute atomic E-state index is 2.35. The summed E-state index contributed by atoms with van der Waals surface area (Å²) < 4.78 is 0. The van der Waals surface area contributed by atoms with Crippen molar-refractivity contribution in [2.75, 3.05) is 0 Å². The van der Waals surface area contributed by atoms with E-state index in [-0.39, 0.29) is 51.0 Å². The Labute approximate surface area is 171 Å². The molecule has 0 fully saturated rings. The molecular weight excluding hydrogens is 402 g/mol. The predicted octanol–water partition coefficient (Wildman–Crippen LogP) is -0.0286. The molecule has 3 heteroatoms. The first-order chi connectivity index (χ1) is 9.56. The van der Waals surface area contributed by atoms with Gasteiger partial charge in [0.1, 0.15) is 0 Å². The molecule has 3 aromatic carbocycles. The molecule has 0 amide bonds. The average molecular weight is 424 g/mol. The van der Waals surface area contributed by atoms with Crippen molar-refractivity contribution >= 4 is 10.8 Å². The Hall–Kier alpha value is -0.487. The fraction of sp³-hybridized carbons (Fsp3) is 0.250. The summed E-state index contributed by atoms with van der Waals surface area (Å²) >= 11 is 0. The first-order valence-corrected chi connectivity index (χ1v) is 7.33. The Morgan fingerprint density at radius 1 is 0.870 bits per heavy atom. The van der Waals surface area contributed by atoms with E-state index in [2.05, 4.69) is 76.2 Å². The van der Waals surface area contributed by atoms with E-state index in [4.69, 9.17) is 0 Å². The third-order valence-electron chi connectivity index (χ3n) is 4.26. The Morgan fingerprint density at radius 2 is 1.57 bits per heavy atom. The number of halogens is 2. The van der Waals surface area contributed by atoms with Crippen molar-refractivity contribution in [3.8, 4) is 11.1 Å². The van der Waals surface area contributed by atoms with Crippen LogP contribution in [0.3, 0.4) is 0 Å². The third-order valence-corrected chi connectivity index (χ3v) is 4.26. The van der Waals surface area contributed by atoms with Crippen LogP contribution in [0.15, 0.2) is 48.5 Å². The number of fused-ring (bicyclic) bond motifs is 1. The van der Waals surface area contributed by atoms with Crippen LogP contribution >= 0.6 is 0 Å². The minimum absolute atomic E-state index is 0. The normalized spacial score (nSPS) is 9.96. The number of rotatable bonds is 2. The maximum atomic E-state index is 2.35. The molecule has 119 valence electrons. The molecule has 0 atom stereocenters. The van der Waals surface area contributed by atoms with E-state index in [1.54, 1.807) is 0 Å². The molecule has 0 aliphatic heterocycles. The van der Waals surface area contributed by atoms with Crippen molar-refractivity contribution < 1.29 is 51.0 Å². The zero-order valence-electron chi connectivity index (χ0n) is 14.0. The van der Waals surface area contributed by atoms with Gasteiger partial charge in [-0.15, -0.1) is 34.5 Å². The van der Waals surface area contributed by atoms with E-state index in [1.165, 1.54) is 38.6 Å². The fourth-order valence-corrected chi connectivity index (χ4v) is 2.75. The van der Waals surface area contributed by atoms with Gasteiger partial charge in [0, 0.05) is 0 Å². The summed E-state index contributed by atoms with van der Waals surface area (Å²) in [5.41, 5.74) is 6.80. The van der Waals surface area contributed by atoms with Crippen molar-refractivity contribution in [2.24, 2.45) is 0 Å². The molecule has 0 bridgehead atoms. The first kappa shape index (κ1) is 22.5. The molecule has 0 aromatic heterocycles. The summed E-state index contributed by atoms with van der Waals surface area (Å²) in [6, 6.07) is 18.0. The molecule has 0 spiro atoms. The zero-order chi connectivity index (χ0) is 14.3. The van der Waals surface area contributed by atoms with Crippen LogP contribution in [-0.2, 0) is 26.2 Å². The van der Waals surface area contributed by atoms with Gasteiger partial charge in [-0.1, -0.05) is 43.7 Å². The maximum Gasteiger partial charge on any atom is 3.00 e. The molecule has 0 heterocycles. The van der Waals surface area contributed by atoms with Crippen LogP contribution in [-0.4, -0.2) is 0 Å². The number of hydrogen-bond acceptors (Lipinski definition) is 0. The standard InChI is InChI=1S/C20H21.2ClH.Zr/c1-13(2)18-11-16-6-5-7-19(20(16)12-18)17-9-8-14(3)15(4)10-17;;;/h5-13H,1-4H3;2*1H;/q-1;;;+3/p-2. The molecule has 0 unspecified atom stereocenters. The quantitative estimate of drug-likeness (QED) is 0.508. The molecule has 3 rings (SSSR count). The van der Waals surface area contributed by atoms with Crippen LogP contribution in [0.4, 0.5) is 0 Å². The van der Waals surface area contributed by atoms with E-state index in [0.29, 0.717) is 5.92 Å². The van der Waals surface area contributed by atoms with Crippen LogP contribution in [0.25, 0.3) is 21.9 Å². The average Bonchev–Trinajstić information content (AvgIpc) is 2.86. The molecule has 1 radical (unpaired) electrons. The van der Waals surface area contributed by atoms with E-state index in [1.807, 2.05) is 0 Å². The van der Waals surface area contributed by atoms with E-state index in [0.717, 1.165) is 0 Å². The molecule has 0 saturated heterocycles. The SMILES string of the molecule is Cc1ccc(-c2cccc3[cH-]c(C(C)C)cc23)cc1C.[Cl-].[Cl-].[Zr+3]. The Bertz CT molecular complexity index is 772. The van der Waals surface area contributed by atoms with Gasteiger partial charge in [0.25, 0.3) is 0 Å². The second kappa shape index (κ2) is 9.12. The van der Waals surface area contributed by atoms with E-state index < -0.39 is 0 Å². The minimum Gasteiger partial charge on any atom is -1.00 e. The van der Waals surface area contributed by atoms with Gasteiger partial charge in [-0.25, -0.2) is 0 Å². The summed E-state index contributed by atoms with van der Waals surface area (Å²) in [6.07, 6.45) is 0. The smallest absolute Gasteiger partial charge is 1.00 e. The van der Waals surface area contributed by atoms with E-state index in [9.17, 15) is 0 Å².